The Bertz CT molecular complexity index is 1200. The summed E-state index contributed by atoms with van der Waals surface area (Å²) in [6, 6.07) is 7.51. The van der Waals surface area contributed by atoms with Crippen LogP contribution in [0, 0.1) is 11.6 Å². The van der Waals surface area contributed by atoms with Gasteiger partial charge in [-0.15, -0.1) is 0 Å². The van der Waals surface area contributed by atoms with Gasteiger partial charge in [0, 0.05) is 32.5 Å². The quantitative estimate of drug-likeness (QED) is 0.177. The molecule has 2 aromatic rings. The second-order valence-electron chi connectivity index (χ2n) is 9.08. The minimum absolute atomic E-state index is 0.0990. The Kier molecular flexibility index (Phi) is 9.31. The van der Waals surface area contributed by atoms with Crippen molar-refractivity contribution in [1.29, 1.82) is 0 Å². The molecule has 1 aliphatic heterocycles. The zero-order chi connectivity index (χ0) is 27.9. The molecule has 0 spiro atoms. The first kappa shape index (κ1) is 28.5. The van der Waals surface area contributed by atoms with E-state index < -0.39 is 47.0 Å². The van der Waals surface area contributed by atoms with Gasteiger partial charge < -0.3 is 38.3 Å². The summed E-state index contributed by atoms with van der Waals surface area (Å²) in [6.45, 7) is 0.409. The van der Waals surface area contributed by atoms with Crippen LogP contribution < -0.4 is 33.6 Å². The highest BCUT2D eigenvalue weighted by Crippen LogP contribution is 2.21. The van der Waals surface area contributed by atoms with E-state index in [4.69, 9.17) is 27.7 Å². The second-order valence-corrected chi connectivity index (χ2v) is 9.08. The smallest absolute Gasteiger partial charge is 0.243 e. The summed E-state index contributed by atoms with van der Waals surface area (Å²) in [7, 11) is 0. The number of amides is 3. The first-order valence-corrected chi connectivity index (χ1v) is 11.9. The zero-order valence-electron chi connectivity index (χ0n) is 20.6. The molecule has 1 fully saturated rings. The van der Waals surface area contributed by atoms with Crippen LogP contribution >= 0.6 is 0 Å². The van der Waals surface area contributed by atoms with E-state index in [2.05, 4.69) is 15.6 Å². The third-order valence-corrected chi connectivity index (χ3v) is 6.22. The molecule has 0 saturated carbocycles. The van der Waals surface area contributed by atoms with Crippen LogP contribution in [0.4, 0.5) is 14.5 Å². The van der Waals surface area contributed by atoms with Crippen LogP contribution in [-0.2, 0) is 32.0 Å². The summed E-state index contributed by atoms with van der Waals surface area (Å²) < 4.78 is 32.5. The highest BCUT2D eigenvalue weighted by molar-refractivity contribution is 5.95. The molecule has 2 atom stereocenters. The predicted molar refractivity (Wildman–Crippen MR) is 136 cm³/mol. The zero-order valence-corrected chi connectivity index (χ0v) is 20.6. The molecule has 0 radical (unpaired) electrons. The highest BCUT2D eigenvalue weighted by atomic mass is 19.2. The lowest BCUT2D eigenvalue weighted by Gasteiger charge is -2.36. The van der Waals surface area contributed by atoms with Crippen molar-refractivity contribution in [2.75, 3.05) is 13.2 Å². The molecule has 204 valence electrons. The molecule has 1 saturated heterocycles. The van der Waals surface area contributed by atoms with Crippen LogP contribution in [0.15, 0.2) is 47.5 Å². The van der Waals surface area contributed by atoms with Crippen molar-refractivity contribution in [1.82, 2.24) is 10.6 Å². The van der Waals surface area contributed by atoms with E-state index in [0.29, 0.717) is 11.3 Å². The summed E-state index contributed by atoms with van der Waals surface area (Å²) in [5, 5.41) is 5.22. The molecule has 0 aliphatic carbocycles. The maximum absolute atomic E-state index is 13.8. The van der Waals surface area contributed by atoms with Gasteiger partial charge in [0.05, 0.1) is 11.7 Å². The largest absolute Gasteiger partial charge is 0.381 e. The van der Waals surface area contributed by atoms with Gasteiger partial charge in [-0.2, -0.15) is 0 Å². The fourth-order valence-corrected chi connectivity index (χ4v) is 4.07. The van der Waals surface area contributed by atoms with E-state index in [1.807, 2.05) is 0 Å². The maximum atomic E-state index is 13.8. The van der Waals surface area contributed by atoms with Crippen molar-refractivity contribution in [3.05, 3.63) is 65.2 Å². The van der Waals surface area contributed by atoms with E-state index >= 15 is 0 Å². The molecular weight excluding hydrogens is 500 g/mol. The molecule has 0 bridgehead atoms. The maximum Gasteiger partial charge on any atom is 0.243 e. The molecule has 1 heterocycles. The van der Waals surface area contributed by atoms with Gasteiger partial charge in [-0.1, -0.05) is 18.2 Å². The molecule has 3 rings (SSSR count). The number of aliphatic imine (C=N–C) groups is 1. The number of nitrogens with two attached hydrogens (primary N) is 4. The summed E-state index contributed by atoms with van der Waals surface area (Å²) in [6.07, 6.45) is 0.223. The molecule has 1 aliphatic rings. The van der Waals surface area contributed by atoms with Gasteiger partial charge in [0.15, 0.2) is 17.6 Å². The minimum Gasteiger partial charge on any atom is -0.381 e. The van der Waals surface area contributed by atoms with Gasteiger partial charge >= 0.3 is 0 Å². The number of nitrogens with one attached hydrogen (secondary N) is 2. The second kappa shape index (κ2) is 12.4. The standard InChI is InChI=1S/C25H31F2N7O4/c26-17-6-3-15(11-18(17)27)13-20(22(36)34-25(23(29)37)7-9-38-10-8-25)33-21(35)19(28)12-14-1-4-16(5-2-14)32-24(30)31/h1-6,11,19-20H,7-10,12-13,28H2,(H2,29,37)(H,33,35)(H,34,36)(H4,30,31,32)/t19-,20-/m0/s1. The van der Waals surface area contributed by atoms with Crippen LogP contribution in [0.5, 0.6) is 0 Å². The third-order valence-electron chi connectivity index (χ3n) is 6.22. The van der Waals surface area contributed by atoms with Gasteiger partial charge in [0.25, 0.3) is 0 Å². The highest BCUT2D eigenvalue weighted by Gasteiger charge is 2.41. The lowest BCUT2D eigenvalue weighted by Crippen LogP contribution is -2.64. The van der Waals surface area contributed by atoms with Gasteiger partial charge in [-0.05, 0) is 41.8 Å². The number of benzene rings is 2. The van der Waals surface area contributed by atoms with E-state index in [0.717, 1.165) is 12.1 Å². The first-order chi connectivity index (χ1) is 18.0. The van der Waals surface area contributed by atoms with Crippen molar-refractivity contribution in [2.24, 2.45) is 27.9 Å². The van der Waals surface area contributed by atoms with E-state index in [1.54, 1.807) is 24.3 Å². The van der Waals surface area contributed by atoms with Gasteiger partial charge in [0.2, 0.25) is 17.7 Å². The molecule has 2 aromatic carbocycles. The Hall–Kier alpha value is -4.10. The van der Waals surface area contributed by atoms with E-state index in [9.17, 15) is 23.2 Å². The molecule has 11 nitrogen and oxygen atoms in total. The van der Waals surface area contributed by atoms with Crippen LogP contribution in [0.3, 0.4) is 0 Å². The monoisotopic (exact) mass is 531 g/mol. The summed E-state index contributed by atoms with van der Waals surface area (Å²) in [5.41, 5.74) is 22.5. The average molecular weight is 532 g/mol. The molecule has 0 aromatic heterocycles. The van der Waals surface area contributed by atoms with Crippen molar-refractivity contribution >= 4 is 29.4 Å². The van der Waals surface area contributed by atoms with Crippen molar-refractivity contribution < 1.29 is 27.9 Å². The number of carbonyl (C=O) groups is 3. The topological polar surface area (TPSA) is 201 Å². The number of guanidine groups is 1. The fraction of sp³-hybridized carbons (Fsp3) is 0.360. The van der Waals surface area contributed by atoms with Crippen LogP contribution in [0.2, 0.25) is 0 Å². The summed E-state index contributed by atoms with van der Waals surface area (Å²) in [4.78, 5) is 42.4. The average Bonchev–Trinajstić information content (AvgIpc) is 2.87. The van der Waals surface area contributed by atoms with Gasteiger partial charge in [-0.25, -0.2) is 13.8 Å². The normalized spacial score (nSPS) is 16.1. The summed E-state index contributed by atoms with van der Waals surface area (Å²) in [5.74, 6) is -4.39. The molecule has 13 heteroatoms. The number of nitrogens with zero attached hydrogens (tertiary/aromatic N) is 1. The third kappa shape index (κ3) is 7.46. The molecule has 38 heavy (non-hydrogen) atoms. The first-order valence-electron chi connectivity index (χ1n) is 11.9. The predicted octanol–water partition coefficient (Wildman–Crippen LogP) is -0.382. The van der Waals surface area contributed by atoms with Crippen molar-refractivity contribution in [2.45, 2.75) is 43.3 Å². The summed E-state index contributed by atoms with van der Waals surface area (Å²) >= 11 is 0. The Morgan fingerprint density at radius 2 is 1.55 bits per heavy atom. The van der Waals surface area contributed by atoms with Crippen LogP contribution in [0.1, 0.15) is 24.0 Å². The number of hydrogen-bond donors (Lipinski definition) is 6. The Morgan fingerprint density at radius 1 is 0.921 bits per heavy atom. The number of halogens is 2. The number of primary amides is 1. The molecule has 3 amide bonds. The van der Waals surface area contributed by atoms with E-state index in [1.165, 1.54) is 6.07 Å². The number of carbonyl (C=O) groups excluding carboxylic acids is 3. The Labute approximate surface area is 218 Å². The fourth-order valence-electron chi connectivity index (χ4n) is 4.07. The lowest BCUT2D eigenvalue weighted by atomic mass is 9.88. The Morgan fingerprint density at radius 3 is 2.13 bits per heavy atom. The number of ether oxygens (including phenoxy) is 1. The Balaban J connectivity index is 1.77. The van der Waals surface area contributed by atoms with Crippen LogP contribution in [-0.4, -0.2) is 54.5 Å². The van der Waals surface area contributed by atoms with E-state index in [-0.39, 0.29) is 50.4 Å². The number of hydrogen-bond acceptors (Lipinski definition) is 6. The van der Waals surface area contributed by atoms with Crippen LogP contribution in [0.25, 0.3) is 0 Å². The number of rotatable bonds is 10. The van der Waals surface area contributed by atoms with Gasteiger partial charge in [0.1, 0.15) is 11.6 Å². The van der Waals surface area contributed by atoms with Crippen molar-refractivity contribution in [3.8, 4) is 0 Å². The molecule has 10 N–H and O–H groups in total. The molecule has 0 unspecified atom stereocenters. The molecular formula is C25H31F2N7O4. The van der Waals surface area contributed by atoms with Gasteiger partial charge in [-0.3, -0.25) is 14.4 Å². The minimum atomic E-state index is -1.37. The van der Waals surface area contributed by atoms with Crippen molar-refractivity contribution in [3.63, 3.8) is 0 Å². The SMILES string of the molecule is NC(=O)C1(NC(=O)[C@H](Cc2ccc(F)c(F)c2)NC(=O)[C@@H](N)Cc2ccc(N=C(N)N)cc2)CCOCC1. The lowest BCUT2D eigenvalue weighted by molar-refractivity contribution is -0.137.